The monoisotopic (exact) mass is 423 g/mol. The van der Waals surface area contributed by atoms with Crippen molar-refractivity contribution in [3.8, 4) is 11.4 Å². The third-order valence-electron chi connectivity index (χ3n) is 3.90. The van der Waals surface area contributed by atoms with E-state index in [0.29, 0.717) is 6.42 Å². The highest BCUT2D eigenvalue weighted by Crippen LogP contribution is 2.30. The van der Waals surface area contributed by atoms with Crippen LogP contribution in [-0.2, 0) is 11.2 Å². The number of amides is 1. The van der Waals surface area contributed by atoms with E-state index in [1.165, 1.54) is 18.2 Å². The highest BCUT2D eigenvalue weighted by atomic mass is 35.5. The Hall–Kier alpha value is -3.00. The van der Waals surface area contributed by atoms with Crippen molar-refractivity contribution < 1.29 is 22.7 Å². The molecular weight excluding hydrogens is 407 g/mol. The number of aromatic nitrogens is 2. The number of para-hydroxylation sites is 1. The Kier molecular flexibility index (Phi) is 6.43. The van der Waals surface area contributed by atoms with E-state index in [9.17, 15) is 18.0 Å². The van der Waals surface area contributed by atoms with Gasteiger partial charge in [0.2, 0.25) is 5.91 Å². The molecule has 1 N–H and O–H groups in total. The molecule has 0 aliphatic rings. The number of anilines is 1. The highest BCUT2D eigenvalue weighted by molar-refractivity contribution is 6.31. The van der Waals surface area contributed by atoms with Crippen molar-refractivity contribution in [1.29, 1.82) is 0 Å². The number of nitrogens with one attached hydrogen (secondary N) is 1. The molecule has 1 heterocycles. The maximum atomic E-state index is 12.4. The first-order valence-corrected chi connectivity index (χ1v) is 9.06. The van der Waals surface area contributed by atoms with Crippen LogP contribution in [0, 0.1) is 0 Å². The van der Waals surface area contributed by atoms with Gasteiger partial charge in [-0.15, -0.1) is 0 Å². The first-order chi connectivity index (χ1) is 13.8. The quantitative estimate of drug-likeness (QED) is 0.579. The predicted molar refractivity (Wildman–Crippen MR) is 104 cm³/mol. The van der Waals surface area contributed by atoms with Gasteiger partial charge in [0.05, 0.1) is 17.6 Å². The number of aryl methyl sites for hydroxylation is 1. The van der Waals surface area contributed by atoms with Gasteiger partial charge >= 0.3 is 6.18 Å². The SMILES string of the molecule is O=C(CCc1cnn(-c2ccccc2)c1)Nc1cc(Cl)ccc1OCC(F)(F)F. The summed E-state index contributed by atoms with van der Waals surface area (Å²) in [5.74, 6) is -0.478. The fourth-order valence-corrected chi connectivity index (χ4v) is 2.74. The van der Waals surface area contributed by atoms with Crippen molar-refractivity contribution in [3.05, 3.63) is 71.5 Å². The van der Waals surface area contributed by atoms with Crippen LogP contribution in [0.2, 0.25) is 5.02 Å². The van der Waals surface area contributed by atoms with Crippen LogP contribution in [0.15, 0.2) is 60.9 Å². The molecule has 0 saturated heterocycles. The van der Waals surface area contributed by atoms with E-state index in [1.807, 2.05) is 36.5 Å². The summed E-state index contributed by atoms with van der Waals surface area (Å²) in [4.78, 5) is 12.3. The first kappa shape index (κ1) is 20.7. The minimum absolute atomic E-state index is 0.0896. The van der Waals surface area contributed by atoms with E-state index >= 15 is 0 Å². The topological polar surface area (TPSA) is 56.2 Å². The van der Waals surface area contributed by atoms with Gasteiger partial charge in [-0.1, -0.05) is 29.8 Å². The van der Waals surface area contributed by atoms with Gasteiger partial charge < -0.3 is 10.1 Å². The normalized spacial score (nSPS) is 11.3. The molecule has 152 valence electrons. The summed E-state index contributed by atoms with van der Waals surface area (Å²) >= 11 is 5.88. The Bertz CT molecular complexity index is 975. The molecule has 0 saturated carbocycles. The molecule has 0 unspecified atom stereocenters. The molecule has 9 heteroatoms. The van der Waals surface area contributed by atoms with Gasteiger partial charge in [0.1, 0.15) is 5.75 Å². The Labute approximate surface area is 170 Å². The number of halogens is 4. The predicted octanol–water partition coefficient (Wildman–Crippen LogP) is 5.04. The fourth-order valence-electron chi connectivity index (χ4n) is 2.57. The van der Waals surface area contributed by atoms with Crippen LogP contribution in [0.25, 0.3) is 5.69 Å². The summed E-state index contributed by atoms with van der Waals surface area (Å²) in [6.45, 7) is -1.46. The van der Waals surface area contributed by atoms with Crippen LogP contribution >= 0.6 is 11.6 Å². The average molecular weight is 424 g/mol. The Balaban J connectivity index is 1.60. The summed E-state index contributed by atoms with van der Waals surface area (Å²) in [5, 5.41) is 7.08. The van der Waals surface area contributed by atoms with Crippen molar-refractivity contribution in [2.45, 2.75) is 19.0 Å². The van der Waals surface area contributed by atoms with E-state index < -0.39 is 12.8 Å². The number of ether oxygens (including phenoxy) is 1. The third-order valence-corrected chi connectivity index (χ3v) is 4.14. The molecule has 3 aromatic rings. The Morgan fingerprint density at radius 2 is 1.93 bits per heavy atom. The molecule has 29 heavy (non-hydrogen) atoms. The molecule has 0 radical (unpaired) electrons. The van der Waals surface area contributed by atoms with Gasteiger partial charge in [-0.3, -0.25) is 4.79 Å². The van der Waals surface area contributed by atoms with Crippen LogP contribution < -0.4 is 10.1 Å². The Morgan fingerprint density at radius 3 is 2.66 bits per heavy atom. The second kappa shape index (κ2) is 9.00. The van der Waals surface area contributed by atoms with E-state index in [-0.39, 0.29) is 28.8 Å². The third kappa shape index (κ3) is 6.25. The zero-order valence-corrected chi connectivity index (χ0v) is 15.9. The molecule has 3 rings (SSSR count). The molecule has 5 nitrogen and oxygen atoms in total. The number of hydrogen-bond donors (Lipinski definition) is 1. The van der Waals surface area contributed by atoms with E-state index in [0.717, 1.165) is 11.3 Å². The summed E-state index contributed by atoms with van der Waals surface area (Å²) in [5.41, 5.74) is 1.84. The lowest BCUT2D eigenvalue weighted by Gasteiger charge is -2.14. The van der Waals surface area contributed by atoms with Crippen LogP contribution in [-0.4, -0.2) is 28.5 Å². The van der Waals surface area contributed by atoms with Gasteiger partial charge in [-0.2, -0.15) is 18.3 Å². The van der Waals surface area contributed by atoms with Gasteiger partial charge in [0.25, 0.3) is 0 Å². The largest absolute Gasteiger partial charge is 0.482 e. The molecule has 0 aliphatic carbocycles. The lowest BCUT2D eigenvalue weighted by atomic mass is 10.2. The van der Waals surface area contributed by atoms with Crippen molar-refractivity contribution in [3.63, 3.8) is 0 Å². The Morgan fingerprint density at radius 1 is 1.17 bits per heavy atom. The second-order valence-corrected chi connectivity index (χ2v) is 6.66. The molecular formula is C20H17ClF3N3O2. The maximum Gasteiger partial charge on any atom is 0.422 e. The molecule has 0 atom stereocenters. The van der Waals surface area contributed by atoms with E-state index in [1.54, 1.807) is 10.9 Å². The van der Waals surface area contributed by atoms with Crippen molar-refractivity contribution in [1.82, 2.24) is 9.78 Å². The first-order valence-electron chi connectivity index (χ1n) is 8.68. The lowest BCUT2D eigenvalue weighted by Crippen LogP contribution is -2.20. The van der Waals surface area contributed by atoms with Crippen LogP contribution in [0.5, 0.6) is 5.75 Å². The number of hydrogen-bond acceptors (Lipinski definition) is 3. The van der Waals surface area contributed by atoms with E-state index in [4.69, 9.17) is 16.3 Å². The number of rotatable bonds is 7. The maximum absolute atomic E-state index is 12.4. The standard InChI is InChI=1S/C20H17ClF3N3O2/c21-15-7-8-18(29-13-20(22,23)24)17(10-15)26-19(28)9-6-14-11-25-27(12-14)16-4-2-1-3-5-16/h1-5,7-8,10-12H,6,9,13H2,(H,26,28). The van der Waals surface area contributed by atoms with Crippen LogP contribution in [0.4, 0.5) is 18.9 Å². The van der Waals surface area contributed by atoms with E-state index in [2.05, 4.69) is 10.4 Å². The average Bonchev–Trinajstić information content (AvgIpc) is 3.15. The molecule has 0 aliphatic heterocycles. The lowest BCUT2D eigenvalue weighted by molar-refractivity contribution is -0.153. The van der Waals surface area contributed by atoms with Crippen molar-refractivity contribution >= 4 is 23.2 Å². The molecule has 1 aromatic heterocycles. The summed E-state index contributed by atoms with van der Waals surface area (Å²) in [6, 6.07) is 13.5. The van der Waals surface area contributed by atoms with Gasteiger partial charge in [0, 0.05) is 17.6 Å². The minimum atomic E-state index is -4.49. The smallest absolute Gasteiger partial charge is 0.422 e. The van der Waals surface area contributed by atoms with Gasteiger partial charge in [0.15, 0.2) is 6.61 Å². The zero-order chi connectivity index (χ0) is 20.9. The van der Waals surface area contributed by atoms with Crippen molar-refractivity contribution in [2.75, 3.05) is 11.9 Å². The summed E-state index contributed by atoms with van der Waals surface area (Å²) in [6.07, 6.45) is -0.471. The fraction of sp³-hybridized carbons (Fsp3) is 0.200. The molecule has 0 spiro atoms. The number of carbonyl (C=O) groups is 1. The van der Waals surface area contributed by atoms with Crippen LogP contribution in [0.3, 0.4) is 0 Å². The zero-order valence-electron chi connectivity index (χ0n) is 15.1. The number of alkyl halides is 3. The molecule has 2 aromatic carbocycles. The molecule has 0 fully saturated rings. The summed E-state index contributed by atoms with van der Waals surface area (Å²) in [7, 11) is 0. The minimum Gasteiger partial charge on any atom is -0.482 e. The van der Waals surface area contributed by atoms with Gasteiger partial charge in [-0.05, 0) is 42.3 Å². The summed E-state index contributed by atoms with van der Waals surface area (Å²) < 4.78 is 43.7. The molecule has 0 bridgehead atoms. The second-order valence-electron chi connectivity index (χ2n) is 6.22. The molecule has 1 amide bonds. The number of nitrogens with zero attached hydrogens (tertiary/aromatic N) is 2. The highest BCUT2D eigenvalue weighted by Gasteiger charge is 2.29. The van der Waals surface area contributed by atoms with Crippen LogP contribution in [0.1, 0.15) is 12.0 Å². The van der Waals surface area contributed by atoms with Gasteiger partial charge in [-0.25, -0.2) is 4.68 Å². The number of benzene rings is 2. The number of carbonyl (C=O) groups excluding carboxylic acids is 1. The van der Waals surface area contributed by atoms with Crippen molar-refractivity contribution in [2.24, 2.45) is 0 Å².